The molecule has 0 heterocycles. The molecule has 0 saturated heterocycles. The number of nitrogens with zero attached hydrogens (tertiary/aromatic N) is 1. The summed E-state index contributed by atoms with van der Waals surface area (Å²) >= 11 is 1.39. The zero-order valence-corrected chi connectivity index (χ0v) is 14.2. The first-order chi connectivity index (χ1) is 9.82. The molecule has 21 heavy (non-hydrogen) atoms. The largest absolute Gasteiger partial charge is 0.492 e. The fourth-order valence-corrected chi connectivity index (χ4v) is 2.97. The summed E-state index contributed by atoms with van der Waals surface area (Å²) in [6, 6.07) is 4.59. The second-order valence-electron chi connectivity index (χ2n) is 4.36. The maximum atomic E-state index is 12.3. The van der Waals surface area contributed by atoms with Crippen molar-refractivity contribution < 1.29 is 17.9 Å². The van der Waals surface area contributed by atoms with Crippen LogP contribution in [0.25, 0.3) is 0 Å². The molecule has 1 aromatic carbocycles. The summed E-state index contributed by atoms with van der Waals surface area (Å²) in [6.45, 7) is 2.13. The zero-order chi connectivity index (χ0) is 16.0. The molecule has 1 N–H and O–H groups in total. The predicted octanol–water partition coefficient (Wildman–Crippen LogP) is 1.64. The molecule has 6 nitrogen and oxygen atoms in total. The van der Waals surface area contributed by atoms with Gasteiger partial charge in [0.15, 0.2) is 0 Å². The van der Waals surface area contributed by atoms with Crippen LogP contribution in [0.2, 0.25) is 0 Å². The van der Waals surface area contributed by atoms with Gasteiger partial charge in [-0.2, -0.15) is 11.8 Å². The molecule has 0 fully saturated rings. The first-order valence-corrected chi connectivity index (χ1v) is 9.14. The van der Waals surface area contributed by atoms with Gasteiger partial charge in [0.2, 0.25) is 15.9 Å². The topological polar surface area (TPSA) is 75.7 Å². The summed E-state index contributed by atoms with van der Waals surface area (Å²) in [5, 5.41) is 2.67. The van der Waals surface area contributed by atoms with Crippen LogP contribution in [0.15, 0.2) is 23.1 Å². The number of thioether (sulfide) groups is 1. The van der Waals surface area contributed by atoms with Gasteiger partial charge in [-0.15, -0.1) is 0 Å². The minimum atomic E-state index is -3.65. The number of hydrogen-bond donors (Lipinski definition) is 1. The molecule has 1 aromatic rings. The van der Waals surface area contributed by atoms with Crippen LogP contribution in [0.3, 0.4) is 0 Å². The van der Waals surface area contributed by atoms with Gasteiger partial charge in [0.25, 0.3) is 0 Å². The number of benzene rings is 1. The molecule has 0 atom stereocenters. The van der Waals surface area contributed by atoms with E-state index < -0.39 is 10.0 Å². The monoisotopic (exact) mass is 332 g/mol. The van der Waals surface area contributed by atoms with E-state index in [0.29, 0.717) is 18.0 Å². The number of amides is 1. The fraction of sp³-hybridized carbons (Fsp3) is 0.462. The highest BCUT2D eigenvalue weighted by atomic mass is 32.2. The van der Waals surface area contributed by atoms with Gasteiger partial charge in [-0.3, -0.25) is 4.79 Å². The normalized spacial score (nSPS) is 11.5. The molecule has 0 radical (unpaired) electrons. The van der Waals surface area contributed by atoms with Crippen molar-refractivity contribution in [1.82, 2.24) is 4.31 Å². The van der Waals surface area contributed by atoms with Gasteiger partial charge in [-0.05, 0) is 31.4 Å². The summed E-state index contributed by atoms with van der Waals surface area (Å²) in [4.78, 5) is 11.6. The summed E-state index contributed by atoms with van der Waals surface area (Å²) < 4.78 is 31.1. The van der Waals surface area contributed by atoms with Crippen LogP contribution >= 0.6 is 11.8 Å². The van der Waals surface area contributed by atoms with E-state index in [2.05, 4.69) is 5.32 Å². The highest BCUT2D eigenvalue weighted by molar-refractivity contribution is 7.99. The lowest BCUT2D eigenvalue weighted by Gasteiger charge is -2.16. The molecule has 0 unspecified atom stereocenters. The third kappa shape index (κ3) is 4.62. The van der Waals surface area contributed by atoms with Gasteiger partial charge in [0, 0.05) is 19.8 Å². The Hall–Kier alpha value is -1.25. The zero-order valence-electron chi connectivity index (χ0n) is 12.5. The SMILES string of the molecule is CCOc1ccc(NC(=O)CSC)cc1S(=O)(=O)N(C)C. The molecule has 0 aromatic heterocycles. The molecule has 1 rings (SSSR count). The standard InChI is InChI=1S/C13H20N2O4S2/c1-5-19-11-7-6-10(14-13(16)9-20-4)8-12(11)21(17,18)15(2)3/h6-8H,5,9H2,1-4H3,(H,14,16). The number of sulfonamides is 1. The molecule has 8 heteroatoms. The second kappa shape index (κ2) is 7.67. The van der Waals surface area contributed by atoms with Gasteiger partial charge >= 0.3 is 0 Å². The van der Waals surface area contributed by atoms with Crippen molar-refractivity contribution in [2.24, 2.45) is 0 Å². The number of ether oxygens (including phenoxy) is 1. The number of rotatable bonds is 7. The molecule has 1 amide bonds. The van der Waals surface area contributed by atoms with Gasteiger partial charge in [0.05, 0.1) is 12.4 Å². The van der Waals surface area contributed by atoms with Crippen molar-refractivity contribution in [3.63, 3.8) is 0 Å². The number of hydrogen-bond acceptors (Lipinski definition) is 5. The lowest BCUT2D eigenvalue weighted by atomic mass is 10.3. The van der Waals surface area contributed by atoms with Gasteiger partial charge in [0.1, 0.15) is 10.6 Å². The van der Waals surface area contributed by atoms with Crippen molar-refractivity contribution >= 4 is 33.4 Å². The quantitative estimate of drug-likeness (QED) is 0.821. The van der Waals surface area contributed by atoms with Crippen LogP contribution < -0.4 is 10.1 Å². The average Bonchev–Trinajstić information content (AvgIpc) is 2.40. The first-order valence-electron chi connectivity index (χ1n) is 6.31. The molecular formula is C13H20N2O4S2. The Morgan fingerprint density at radius 2 is 2.05 bits per heavy atom. The van der Waals surface area contributed by atoms with Crippen LogP contribution in [0, 0.1) is 0 Å². The Balaban J connectivity index is 3.21. The fourth-order valence-electron chi connectivity index (χ4n) is 1.59. The first kappa shape index (κ1) is 17.8. The molecule has 0 aliphatic carbocycles. The minimum absolute atomic E-state index is 0.0382. The highest BCUT2D eigenvalue weighted by Crippen LogP contribution is 2.29. The molecule has 0 spiro atoms. The molecular weight excluding hydrogens is 312 g/mol. The predicted molar refractivity (Wildman–Crippen MR) is 85.5 cm³/mol. The summed E-state index contributed by atoms with van der Waals surface area (Å²) in [5.74, 6) is 0.400. The van der Waals surface area contributed by atoms with E-state index in [0.717, 1.165) is 4.31 Å². The molecule has 0 saturated carbocycles. The van der Waals surface area contributed by atoms with Crippen molar-refractivity contribution in [2.75, 3.05) is 38.0 Å². The molecule has 0 aliphatic heterocycles. The van der Waals surface area contributed by atoms with Crippen LogP contribution in [0.1, 0.15) is 6.92 Å². The third-order valence-electron chi connectivity index (χ3n) is 2.56. The third-order valence-corrected chi connectivity index (χ3v) is 4.95. The summed E-state index contributed by atoms with van der Waals surface area (Å²) in [6.07, 6.45) is 1.82. The molecule has 0 bridgehead atoms. The second-order valence-corrected chi connectivity index (χ2v) is 7.35. The molecule has 118 valence electrons. The summed E-state index contributed by atoms with van der Waals surface area (Å²) in [5.41, 5.74) is 0.429. The van der Waals surface area contributed by atoms with Gasteiger partial charge in [-0.25, -0.2) is 12.7 Å². The van der Waals surface area contributed by atoms with E-state index >= 15 is 0 Å². The van der Waals surface area contributed by atoms with Crippen LogP contribution in [-0.4, -0.2) is 51.3 Å². The number of carbonyl (C=O) groups is 1. The highest BCUT2D eigenvalue weighted by Gasteiger charge is 2.23. The maximum Gasteiger partial charge on any atom is 0.246 e. The Kier molecular flexibility index (Phi) is 6.50. The number of carbonyl (C=O) groups excluding carboxylic acids is 1. The van der Waals surface area contributed by atoms with E-state index in [-0.39, 0.29) is 16.6 Å². The lowest BCUT2D eigenvalue weighted by molar-refractivity contribution is -0.113. The number of nitrogens with one attached hydrogen (secondary N) is 1. The van der Waals surface area contributed by atoms with Crippen LogP contribution in [0.5, 0.6) is 5.75 Å². The number of anilines is 1. The Morgan fingerprint density at radius 3 is 2.57 bits per heavy atom. The van der Waals surface area contributed by atoms with Crippen molar-refractivity contribution in [2.45, 2.75) is 11.8 Å². The van der Waals surface area contributed by atoms with Crippen LogP contribution in [0.4, 0.5) is 5.69 Å². The van der Waals surface area contributed by atoms with E-state index in [9.17, 15) is 13.2 Å². The average molecular weight is 332 g/mol. The smallest absolute Gasteiger partial charge is 0.246 e. The minimum Gasteiger partial charge on any atom is -0.492 e. The van der Waals surface area contributed by atoms with E-state index in [1.54, 1.807) is 19.1 Å². The lowest BCUT2D eigenvalue weighted by Crippen LogP contribution is -2.23. The van der Waals surface area contributed by atoms with Crippen molar-refractivity contribution in [1.29, 1.82) is 0 Å². The van der Waals surface area contributed by atoms with Crippen molar-refractivity contribution in [3.05, 3.63) is 18.2 Å². The Morgan fingerprint density at radius 1 is 1.38 bits per heavy atom. The molecule has 0 aliphatic rings. The summed E-state index contributed by atoms with van der Waals surface area (Å²) in [7, 11) is -0.752. The van der Waals surface area contributed by atoms with E-state index in [1.807, 2.05) is 6.26 Å². The van der Waals surface area contributed by atoms with Gasteiger partial charge < -0.3 is 10.1 Å². The van der Waals surface area contributed by atoms with Gasteiger partial charge in [-0.1, -0.05) is 0 Å². The van der Waals surface area contributed by atoms with E-state index in [4.69, 9.17) is 4.74 Å². The van der Waals surface area contributed by atoms with E-state index in [1.165, 1.54) is 31.9 Å². The van der Waals surface area contributed by atoms with Crippen molar-refractivity contribution in [3.8, 4) is 5.75 Å². The maximum absolute atomic E-state index is 12.3. The van der Waals surface area contributed by atoms with Crippen LogP contribution in [-0.2, 0) is 14.8 Å². The Bertz CT molecular complexity index is 600. The Labute approximate surface area is 129 Å².